The Bertz CT molecular complexity index is 384. The summed E-state index contributed by atoms with van der Waals surface area (Å²) in [6, 6.07) is 6.54. The molecule has 0 aromatic heterocycles. The molecule has 0 saturated carbocycles. The van der Waals surface area contributed by atoms with Crippen LogP contribution in [0.2, 0.25) is 0 Å². The predicted octanol–water partition coefficient (Wildman–Crippen LogP) is 3.93. The van der Waals surface area contributed by atoms with Crippen molar-refractivity contribution in [3.63, 3.8) is 0 Å². The number of anilines is 1. The van der Waals surface area contributed by atoms with Crippen LogP contribution in [-0.4, -0.2) is 24.8 Å². The minimum atomic E-state index is 0.228. The molecular formula is C15H22BrNO. The van der Waals surface area contributed by atoms with Crippen LogP contribution in [0.1, 0.15) is 44.1 Å². The van der Waals surface area contributed by atoms with E-state index >= 15 is 0 Å². The fourth-order valence-electron chi connectivity index (χ4n) is 2.64. The molecule has 0 aliphatic carbocycles. The summed E-state index contributed by atoms with van der Waals surface area (Å²) in [6.45, 7) is 4.67. The van der Waals surface area contributed by atoms with Crippen LogP contribution >= 0.6 is 15.9 Å². The molecule has 1 aromatic rings. The van der Waals surface area contributed by atoms with Gasteiger partial charge in [-0.05, 0) is 59.3 Å². The fourth-order valence-corrected chi connectivity index (χ4v) is 3.29. The van der Waals surface area contributed by atoms with Gasteiger partial charge in [0.1, 0.15) is 0 Å². The van der Waals surface area contributed by atoms with Gasteiger partial charge in [0.05, 0.1) is 5.69 Å². The van der Waals surface area contributed by atoms with E-state index in [1.165, 1.54) is 30.5 Å². The van der Waals surface area contributed by atoms with Crippen molar-refractivity contribution in [2.75, 3.05) is 24.6 Å². The van der Waals surface area contributed by atoms with Gasteiger partial charge in [0.15, 0.2) is 0 Å². The summed E-state index contributed by atoms with van der Waals surface area (Å²) in [5, 5.41) is 9.36. The molecule has 0 spiro atoms. The van der Waals surface area contributed by atoms with Gasteiger partial charge in [-0.1, -0.05) is 13.0 Å². The van der Waals surface area contributed by atoms with E-state index in [0.29, 0.717) is 0 Å². The molecule has 3 heteroatoms. The highest BCUT2D eigenvalue weighted by Crippen LogP contribution is 2.32. The van der Waals surface area contributed by atoms with Crippen molar-refractivity contribution in [1.82, 2.24) is 0 Å². The zero-order chi connectivity index (χ0) is 13.0. The zero-order valence-corrected chi connectivity index (χ0v) is 12.6. The molecule has 1 saturated heterocycles. The third-order valence-electron chi connectivity index (χ3n) is 3.85. The van der Waals surface area contributed by atoms with Gasteiger partial charge >= 0.3 is 0 Å². The Morgan fingerprint density at radius 1 is 1.28 bits per heavy atom. The molecule has 1 aromatic carbocycles. The van der Waals surface area contributed by atoms with Gasteiger partial charge in [0.2, 0.25) is 0 Å². The van der Waals surface area contributed by atoms with Crippen molar-refractivity contribution in [1.29, 1.82) is 0 Å². The first-order valence-corrected chi connectivity index (χ1v) is 7.70. The van der Waals surface area contributed by atoms with Crippen molar-refractivity contribution in [2.45, 2.75) is 38.5 Å². The topological polar surface area (TPSA) is 23.5 Å². The molecule has 2 nitrogen and oxygen atoms in total. The highest BCUT2D eigenvalue weighted by atomic mass is 79.9. The van der Waals surface area contributed by atoms with Gasteiger partial charge in [-0.3, -0.25) is 0 Å². The Hall–Kier alpha value is -0.540. The zero-order valence-electron chi connectivity index (χ0n) is 11.0. The Balaban J connectivity index is 2.18. The maximum atomic E-state index is 9.36. The normalized spacial score (nSPS) is 17.8. The minimum absolute atomic E-state index is 0.228. The lowest BCUT2D eigenvalue weighted by Gasteiger charge is -2.30. The first-order chi connectivity index (χ1) is 8.76. The molecule has 1 N–H and O–H groups in total. The van der Waals surface area contributed by atoms with Crippen molar-refractivity contribution >= 4 is 21.6 Å². The number of hydrogen-bond donors (Lipinski definition) is 1. The fraction of sp³-hybridized carbons (Fsp3) is 0.600. The van der Waals surface area contributed by atoms with Crippen molar-refractivity contribution in [3.05, 3.63) is 28.2 Å². The average molecular weight is 312 g/mol. The third kappa shape index (κ3) is 3.07. The Morgan fingerprint density at radius 3 is 2.56 bits per heavy atom. The molecule has 2 rings (SSSR count). The van der Waals surface area contributed by atoms with E-state index in [1.54, 1.807) is 0 Å². The molecule has 0 bridgehead atoms. The Kier molecular flexibility index (Phi) is 5.07. The van der Waals surface area contributed by atoms with Gasteiger partial charge in [-0.25, -0.2) is 0 Å². The van der Waals surface area contributed by atoms with Crippen LogP contribution in [-0.2, 0) is 0 Å². The Morgan fingerprint density at radius 2 is 2.00 bits per heavy atom. The van der Waals surface area contributed by atoms with Crippen LogP contribution in [0, 0.1) is 0 Å². The second-order valence-corrected chi connectivity index (χ2v) is 5.90. The van der Waals surface area contributed by atoms with Crippen LogP contribution in [0.3, 0.4) is 0 Å². The van der Waals surface area contributed by atoms with Gasteiger partial charge in [0.25, 0.3) is 0 Å². The summed E-state index contributed by atoms with van der Waals surface area (Å²) in [5.74, 6) is 0.261. The third-order valence-corrected chi connectivity index (χ3v) is 4.49. The SMILES string of the molecule is CCC(CO)c1ccc(N2CCCCC2)c(Br)c1. The van der Waals surface area contributed by atoms with Crippen LogP contribution in [0.25, 0.3) is 0 Å². The second kappa shape index (κ2) is 6.58. The van der Waals surface area contributed by atoms with Gasteiger partial charge in [0, 0.05) is 30.1 Å². The van der Waals surface area contributed by atoms with Crippen LogP contribution in [0.15, 0.2) is 22.7 Å². The maximum Gasteiger partial charge on any atom is 0.0510 e. The summed E-state index contributed by atoms with van der Waals surface area (Å²) < 4.78 is 1.16. The number of aliphatic hydroxyl groups excluding tert-OH is 1. The first kappa shape index (κ1) is 13.9. The summed E-state index contributed by atoms with van der Waals surface area (Å²) in [5.41, 5.74) is 2.53. The first-order valence-electron chi connectivity index (χ1n) is 6.91. The second-order valence-electron chi connectivity index (χ2n) is 5.05. The number of nitrogens with zero attached hydrogens (tertiary/aromatic N) is 1. The largest absolute Gasteiger partial charge is 0.396 e. The molecular weight excluding hydrogens is 290 g/mol. The lowest BCUT2D eigenvalue weighted by atomic mass is 9.97. The minimum Gasteiger partial charge on any atom is -0.396 e. The highest BCUT2D eigenvalue weighted by molar-refractivity contribution is 9.10. The van der Waals surface area contributed by atoms with Crippen LogP contribution in [0.5, 0.6) is 0 Å². The van der Waals surface area contributed by atoms with Crippen molar-refractivity contribution in [3.8, 4) is 0 Å². The maximum absolute atomic E-state index is 9.36. The summed E-state index contributed by atoms with van der Waals surface area (Å²) in [7, 11) is 0. The number of piperidine rings is 1. The molecule has 1 atom stereocenters. The standard InChI is InChI=1S/C15H22BrNO/c1-2-12(11-18)13-6-7-15(14(16)10-13)17-8-4-3-5-9-17/h6-7,10,12,18H,2-5,8-9,11H2,1H3. The summed E-state index contributed by atoms with van der Waals surface area (Å²) >= 11 is 3.69. The van der Waals surface area contributed by atoms with E-state index in [2.05, 4.69) is 46.0 Å². The molecule has 1 fully saturated rings. The molecule has 1 aliphatic rings. The molecule has 1 aliphatic heterocycles. The number of benzene rings is 1. The van der Waals surface area contributed by atoms with Gasteiger partial charge in [-0.15, -0.1) is 0 Å². The lowest BCUT2D eigenvalue weighted by Crippen LogP contribution is -2.29. The van der Waals surface area contributed by atoms with Crippen molar-refractivity contribution < 1.29 is 5.11 Å². The lowest BCUT2D eigenvalue weighted by molar-refractivity contribution is 0.262. The van der Waals surface area contributed by atoms with E-state index < -0.39 is 0 Å². The van der Waals surface area contributed by atoms with E-state index in [1.807, 2.05) is 0 Å². The molecule has 18 heavy (non-hydrogen) atoms. The predicted molar refractivity (Wildman–Crippen MR) is 80.3 cm³/mol. The summed E-state index contributed by atoms with van der Waals surface area (Å²) in [6.07, 6.45) is 4.92. The number of halogens is 1. The molecule has 1 heterocycles. The van der Waals surface area contributed by atoms with Gasteiger partial charge < -0.3 is 10.0 Å². The molecule has 1 unspecified atom stereocenters. The van der Waals surface area contributed by atoms with E-state index in [-0.39, 0.29) is 12.5 Å². The number of hydrogen-bond acceptors (Lipinski definition) is 2. The number of aliphatic hydroxyl groups is 1. The summed E-state index contributed by atoms with van der Waals surface area (Å²) in [4.78, 5) is 2.46. The van der Waals surface area contributed by atoms with E-state index in [0.717, 1.165) is 24.0 Å². The molecule has 0 radical (unpaired) electrons. The monoisotopic (exact) mass is 311 g/mol. The average Bonchev–Trinajstić information content (AvgIpc) is 2.41. The molecule has 0 amide bonds. The van der Waals surface area contributed by atoms with Crippen LogP contribution < -0.4 is 4.90 Å². The van der Waals surface area contributed by atoms with E-state index in [4.69, 9.17) is 0 Å². The highest BCUT2D eigenvalue weighted by Gasteiger charge is 2.15. The molecule has 100 valence electrons. The Labute approximate surface area is 118 Å². The van der Waals surface area contributed by atoms with Crippen LogP contribution in [0.4, 0.5) is 5.69 Å². The quantitative estimate of drug-likeness (QED) is 0.911. The van der Waals surface area contributed by atoms with E-state index in [9.17, 15) is 5.11 Å². The van der Waals surface area contributed by atoms with Crippen molar-refractivity contribution in [2.24, 2.45) is 0 Å². The van der Waals surface area contributed by atoms with Gasteiger partial charge in [-0.2, -0.15) is 0 Å². The smallest absolute Gasteiger partial charge is 0.0510 e. The number of rotatable bonds is 4.